The van der Waals surface area contributed by atoms with Crippen LogP contribution in [0.5, 0.6) is 0 Å². The summed E-state index contributed by atoms with van der Waals surface area (Å²) in [5, 5.41) is 2.76. The maximum atomic E-state index is 12.9. The van der Waals surface area contributed by atoms with Crippen LogP contribution in [0.3, 0.4) is 0 Å². The Bertz CT molecular complexity index is 759. The van der Waals surface area contributed by atoms with Crippen molar-refractivity contribution in [3.05, 3.63) is 71.5 Å². The first-order valence-electron chi connectivity index (χ1n) is 8.19. The molecule has 0 unspecified atom stereocenters. The van der Waals surface area contributed by atoms with Gasteiger partial charge in [-0.2, -0.15) is 0 Å². The molecule has 0 heterocycles. The molecule has 0 fully saturated rings. The monoisotopic (exact) mass is 357 g/mol. The number of hydrogen-bond donors (Lipinski definition) is 1. The van der Waals surface area contributed by atoms with Gasteiger partial charge in [-0.05, 0) is 29.8 Å². The standard InChI is InChI=1S/C20H20FNO4/c1-26-20(25)13-17(14-5-3-2-4-6-14)22-19(24)12-11-18(23)15-7-9-16(21)10-8-15/h2-10,17H,11-13H2,1H3,(H,22,24)/t17-/m0/s1. The van der Waals surface area contributed by atoms with Crippen LogP contribution in [0.15, 0.2) is 54.6 Å². The van der Waals surface area contributed by atoms with E-state index in [1.165, 1.54) is 31.4 Å². The largest absolute Gasteiger partial charge is 0.469 e. The molecule has 1 N–H and O–H groups in total. The SMILES string of the molecule is COC(=O)C[C@H](NC(=O)CCC(=O)c1ccc(F)cc1)c1ccccc1. The van der Waals surface area contributed by atoms with Gasteiger partial charge in [0.1, 0.15) is 5.82 Å². The zero-order valence-electron chi connectivity index (χ0n) is 14.4. The first-order chi connectivity index (χ1) is 12.5. The zero-order chi connectivity index (χ0) is 18.9. The van der Waals surface area contributed by atoms with Crippen LogP contribution < -0.4 is 5.32 Å². The van der Waals surface area contributed by atoms with Crippen LogP contribution in [-0.4, -0.2) is 24.8 Å². The van der Waals surface area contributed by atoms with E-state index < -0.39 is 17.8 Å². The summed E-state index contributed by atoms with van der Waals surface area (Å²) in [5.74, 6) is -1.46. The molecule has 0 radical (unpaired) electrons. The Balaban J connectivity index is 1.95. The fraction of sp³-hybridized carbons (Fsp3) is 0.250. The summed E-state index contributed by atoms with van der Waals surface area (Å²) in [6.07, 6.45) is -0.0317. The number of halogens is 1. The molecule has 26 heavy (non-hydrogen) atoms. The molecule has 0 spiro atoms. The predicted octanol–water partition coefficient (Wildman–Crippen LogP) is 3.21. The molecule has 2 aromatic carbocycles. The van der Waals surface area contributed by atoms with Gasteiger partial charge in [0.05, 0.1) is 19.6 Å². The quantitative estimate of drug-likeness (QED) is 0.582. The number of benzene rings is 2. The molecule has 0 aromatic heterocycles. The lowest BCUT2D eigenvalue weighted by molar-refractivity contribution is -0.141. The molecule has 0 aliphatic heterocycles. The Hall–Kier alpha value is -3.02. The Morgan fingerprint density at radius 3 is 2.27 bits per heavy atom. The van der Waals surface area contributed by atoms with Gasteiger partial charge in [0, 0.05) is 18.4 Å². The summed E-state index contributed by atoms with van der Waals surface area (Å²) in [7, 11) is 1.29. The second-order valence-electron chi connectivity index (χ2n) is 5.74. The van der Waals surface area contributed by atoms with Gasteiger partial charge >= 0.3 is 5.97 Å². The summed E-state index contributed by atoms with van der Waals surface area (Å²) >= 11 is 0. The fourth-order valence-corrected chi connectivity index (χ4v) is 2.46. The average Bonchev–Trinajstić information content (AvgIpc) is 2.66. The number of methoxy groups -OCH3 is 1. The van der Waals surface area contributed by atoms with E-state index in [9.17, 15) is 18.8 Å². The van der Waals surface area contributed by atoms with E-state index in [0.29, 0.717) is 5.56 Å². The third-order valence-corrected chi connectivity index (χ3v) is 3.88. The van der Waals surface area contributed by atoms with Crippen LogP contribution in [-0.2, 0) is 14.3 Å². The molecule has 1 amide bonds. The third-order valence-electron chi connectivity index (χ3n) is 3.88. The van der Waals surface area contributed by atoms with Crippen molar-refractivity contribution in [2.24, 2.45) is 0 Å². The number of ketones is 1. The number of rotatable bonds is 8. The van der Waals surface area contributed by atoms with E-state index in [2.05, 4.69) is 10.1 Å². The number of hydrogen-bond acceptors (Lipinski definition) is 4. The van der Waals surface area contributed by atoms with Crippen molar-refractivity contribution in [1.29, 1.82) is 0 Å². The molecule has 6 heteroatoms. The minimum absolute atomic E-state index is 0.00182. The fourth-order valence-electron chi connectivity index (χ4n) is 2.46. The zero-order valence-corrected chi connectivity index (χ0v) is 14.4. The highest BCUT2D eigenvalue weighted by molar-refractivity contribution is 5.97. The predicted molar refractivity (Wildman–Crippen MR) is 93.9 cm³/mol. The number of Topliss-reactive ketones (excluding diaryl/α,β-unsaturated/α-hetero) is 1. The van der Waals surface area contributed by atoms with E-state index >= 15 is 0 Å². The number of nitrogens with one attached hydrogen (secondary N) is 1. The number of carbonyl (C=O) groups excluding carboxylic acids is 3. The summed E-state index contributed by atoms with van der Waals surface area (Å²) in [4.78, 5) is 35.9. The Morgan fingerprint density at radius 2 is 1.65 bits per heavy atom. The summed E-state index contributed by atoms with van der Waals surface area (Å²) in [5.41, 5.74) is 1.13. The maximum absolute atomic E-state index is 12.9. The number of ether oxygens (including phenoxy) is 1. The lowest BCUT2D eigenvalue weighted by atomic mass is 10.0. The first kappa shape index (κ1) is 19.3. The Kier molecular flexibility index (Phi) is 7.02. The molecule has 1 atom stereocenters. The Morgan fingerprint density at radius 1 is 1.00 bits per heavy atom. The summed E-state index contributed by atoms with van der Waals surface area (Å²) in [6, 6.07) is 13.7. The molecule has 0 aliphatic rings. The maximum Gasteiger partial charge on any atom is 0.307 e. The van der Waals surface area contributed by atoms with Crippen molar-refractivity contribution in [3.63, 3.8) is 0 Å². The second kappa shape index (κ2) is 9.46. The van der Waals surface area contributed by atoms with Crippen LogP contribution in [0.25, 0.3) is 0 Å². The smallest absolute Gasteiger partial charge is 0.307 e. The molecule has 5 nitrogen and oxygen atoms in total. The topological polar surface area (TPSA) is 72.5 Å². The summed E-state index contributed by atoms with van der Waals surface area (Å²) in [6.45, 7) is 0. The molecule has 0 aliphatic carbocycles. The molecule has 2 aromatic rings. The van der Waals surface area contributed by atoms with Crippen molar-refractivity contribution >= 4 is 17.7 Å². The van der Waals surface area contributed by atoms with Crippen molar-refractivity contribution in [2.75, 3.05) is 7.11 Å². The van der Waals surface area contributed by atoms with Crippen molar-refractivity contribution in [3.8, 4) is 0 Å². The highest BCUT2D eigenvalue weighted by Crippen LogP contribution is 2.17. The van der Waals surface area contributed by atoms with Gasteiger partial charge in [-0.15, -0.1) is 0 Å². The molecular weight excluding hydrogens is 337 g/mol. The van der Waals surface area contributed by atoms with E-state index in [1.54, 1.807) is 12.1 Å². The lowest BCUT2D eigenvalue weighted by Crippen LogP contribution is -2.30. The van der Waals surface area contributed by atoms with Crippen molar-refractivity contribution in [1.82, 2.24) is 5.32 Å². The first-order valence-corrected chi connectivity index (χ1v) is 8.19. The molecule has 136 valence electrons. The lowest BCUT2D eigenvalue weighted by Gasteiger charge is -2.18. The number of amides is 1. The van der Waals surface area contributed by atoms with Gasteiger partial charge in [-0.25, -0.2) is 4.39 Å². The molecule has 2 rings (SSSR count). The second-order valence-corrected chi connectivity index (χ2v) is 5.74. The van der Waals surface area contributed by atoms with Crippen LogP contribution in [0.1, 0.15) is 41.2 Å². The van der Waals surface area contributed by atoms with E-state index in [1.807, 2.05) is 18.2 Å². The van der Waals surface area contributed by atoms with Crippen LogP contribution in [0, 0.1) is 5.82 Å². The van der Waals surface area contributed by atoms with Crippen molar-refractivity contribution in [2.45, 2.75) is 25.3 Å². The molecule has 0 bridgehead atoms. The van der Waals surface area contributed by atoms with Gasteiger partial charge in [-0.1, -0.05) is 30.3 Å². The molecule has 0 saturated heterocycles. The van der Waals surface area contributed by atoms with Gasteiger partial charge in [0.15, 0.2) is 5.78 Å². The minimum Gasteiger partial charge on any atom is -0.469 e. The Labute approximate surface area is 151 Å². The normalized spacial score (nSPS) is 11.5. The van der Waals surface area contributed by atoms with Crippen LogP contribution in [0.2, 0.25) is 0 Å². The highest BCUT2D eigenvalue weighted by Gasteiger charge is 2.19. The summed E-state index contributed by atoms with van der Waals surface area (Å²) < 4.78 is 17.6. The van der Waals surface area contributed by atoms with Gasteiger partial charge in [0.25, 0.3) is 0 Å². The van der Waals surface area contributed by atoms with Gasteiger partial charge in [-0.3, -0.25) is 14.4 Å². The third kappa shape index (κ3) is 5.81. The van der Waals surface area contributed by atoms with E-state index in [4.69, 9.17) is 0 Å². The van der Waals surface area contributed by atoms with E-state index in [-0.39, 0.29) is 31.0 Å². The number of esters is 1. The van der Waals surface area contributed by atoms with Crippen molar-refractivity contribution < 1.29 is 23.5 Å². The van der Waals surface area contributed by atoms with E-state index in [0.717, 1.165) is 5.56 Å². The van der Waals surface area contributed by atoms with Gasteiger partial charge < -0.3 is 10.1 Å². The van der Waals surface area contributed by atoms with Crippen LogP contribution in [0.4, 0.5) is 4.39 Å². The van der Waals surface area contributed by atoms with Crippen LogP contribution >= 0.6 is 0 Å². The van der Waals surface area contributed by atoms with Gasteiger partial charge in [0.2, 0.25) is 5.91 Å². The average molecular weight is 357 g/mol. The number of carbonyl (C=O) groups is 3. The molecular formula is C20H20FNO4. The highest BCUT2D eigenvalue weighted by atomic mass is 19.1. The minimum atomic E-state index is -0.530. The molecule has 0 saturated carbocycles.